The van der Waals surface area contributed by atoms with E-state index in [4.69, 9.17) is 21.1 Å². The molecule has 0 saturated carbocycles. The molecular weight excluding hydrogens is 358 g/mol. The molecule has 26 heavy (non-hydrogen) atoms. The predicted octanol–water partition coefficient (Wildman–Crippen LogP) is 2.93. The van der Waals surface area contributed by atoms with Gasteiger partial charge in [-0.1, -0.05) is 23.7 Å². The third-order valence-corrected chi connectivity index (χ3v) is 4.19. The minimum absolute atomic E-state index is 0.119. The number of esters is 1. The van der Waals surface area contributed by atoms with Crippen molar-refractivity contribution in [3.05, 3.63) is 58.6 Å². The second-order valence-corrected chi connectivity index (χ2v) is 6.16. The lowest BCUT2D eigenvalue weighted by atomic mass is 10.1. The van der Waals surface area contributed by atoms with Crippen LogP contribution in [0.5, 0.6) is 11.5 Å². The number of halogens is 1. The Labute approximate surface area is 156 Å². The highest BCUT2D eigenvalue weighted by Crippen LogP contribution is 2.27. The summed E-state index contributed by atoms with van der Waals surface area (Å²) in [6.45, 7) is 1.19. The quantitative estimate of drug-likeness (QED) is 0.752. The maximum absolute atomic E-state index is 12.8. The first-order chi connectivity index (χ1) is 12.6. The summed E-state index contributed by atoms with van der Waals surface area (Å²) >= 11 is 6.01. The van der Waals surface area contributed by atoms with Gasteiger partial charge in [-0.05, 0) is 35.9 Å². The molecule has 2 aromatic carbocycles. The van der Waals surface area contributed by atoms with Crippen molar-refractivity contribution in [3.63, 3.8) is 0 Å². The zero-order valence-electron chi connectivity index (χ0n) is 14.2. The number of ether oxygens (including phenoxy) is 3. The van der Waals surface area contributed by atoms with Gasteiger partial charge in [-0.2, -0.15) is 0 Å². The Kier molecular flexibility index (Phi) is 5.63. The van der Waals surface area contributed by atoms with Gasteiger partial charge in [-0.15, -0.1) is 0 Å². The molecule has 7 heteroatoms. The van der Waals surface area contributed by atoms with Crippen LogP contribution < -0.4 is 9.47 Å². The lowest BCUT2D eigenvalue weighted by molar-refractivity contribution is -0.142. The number of methoxy groups -OCH3 is 1. The first kappa shape index (κ1) is 18.1. The van der Waals surface area contributed by atoms with Crippen LogP contribution in [0.3, 0.4) is 0 Å². The topological polar surface area (TPSA) is 65.1 Å². The van der Waals surface area contributed by atoms with E-state index in [1.54, 1.807) is 35.2 Å². The fourth-order valence-electron chi connectivity index (χ4n) is 2.60. The van der Waals surface area contributed by atoms with Crippen molar-refractivity contribution in [2.75, 3.05) is 26.9 Å². The van der Waals surface area contributed by atoms with Gasteiger partial charge in [-0.25, -0.2) is 4.79 Å². The molecule has 1 heterocycles. The fraction of sp³-hybridized carbons (Fsp3) is 0.263. The molecule has 0 aliphatic carbocycles. The average Bonchev–Trinajstić information content (AvgIpc) is 2.80. The van der Waals surface area contributed by atoms with Crippen LogP contribution in [0.15, 0.2) is 42.5 Å². The van der Waals surface area contributed by atoms with Gasteiger partial charge < -0.3 is 19.1 Å². The van der Waals surface area contributed by atoms with Gasteiger partial charge in [0.1, 0.15) is 18.1 Å². The maximum atomic E-state index is 12.8. The monoisotopic (exact) mass is 375 g/mol. The number of rotatable bonds is 5. The highest BCUT2D eigenvalue weighted by Gasteiger charge is 2.23. The summed E-state index contributed by atoms with van der Waals surface area (Å²) < 4.78 is 15.5. The highest BCUT2D eigenvalue weighted by atomic mass is 35.5. The molecule has 0 radical (unpaired) electrons. The van der Waals surface area contributed by atoms with E-state index >= 15 is 0 Å². The van der Waals surface area contributed by atoms with Gasteiger partial charge in [0, 0.05) is 11.6 Å². The number of benzene rings is 2. The van der Waals surface area contributed by atoms with Crippen LogP contribution in [0.4, 0.5) is 0 Å². The van der Waals surface area contributed by atoms with Gasteiger partial charge >= 0.3 is 5.97 Å². The Morgan fingerprint density at radius 2 is 2.00 bits per heavy atom. The van der Waals surface area contributed by atoms with Crippen LogP contribution in [0.25, 0.3) is 0 Å². The third-order valence-electron chi connectivity index (χ3n) is 3.96. The molecule has 2 aromatic rings. The summed E-state index contributed by atoms with van der Waals surface area (Å²) in [4.78, 5) is 25.6. The SMILES string of the molecule is COC(=O)COc1ccc(CN2CCOc3ccc(Cl)cc3C2=O)cc1. The number of nitrogens with zero attached hydrogens (tertiary/aromatic N) is 1. The summed E-state index contributed by atoms with van der Waals surface area (Å²) in [6, 6.07) is 12.3. The number of hydrogen-bond donors (Lipinski definition) is 0. The number of carbonyl (C=O) groups is 2. The second kappa shape index (κ2) is 8.10. The van der Waals surface area contributed by atoms with Crippen molar-refractivity contribution in [1.82, 2.24) is 4.90 Å². The zero-order chi connectivity index (χ0) is 18.5. The second-order valence-electron chi connectivity index (χ2n) is 5.72. The minimum atomic E-state index is -0.443. The van der Waals surface area contributed by atoms with Crippen LogP contribution in [-0.2, 0) is 16.1 Å². The normalized spacial score (nSPS) is 13.5. The third kappa shape index (κ3) is 4.26. The molecule has 1 aliphatic heterocycles. The van der Waals surface area contributed by atoms with E-state index in [9.17, 15) is 9.59 Å². The van der Waals surface area contributed by atoms with E-state index < -0.39 is 5.97 Å². The Bertz CT molecular complexity index is 806. The van der Waals surface area contributed by atoms with Crippen LogP contribution in [0.1, 0.15) is 15.9 Å². The first-order valence-corrected chi connectivity index (χ1v) is 8.45. The Hall–Kier alpha value is -2.73. The first-order valence-electron chi connectivity index (χ1n) is 8.07. The summed E-state index contributed by atoms with van der Waals surface area (Å²) in [7, 11) is 1.31. The lowest BCUT2D eigenvalue weighted by Crippen LogP contribution is -2.31. The van der Waals surface area contributed by atoms with Crippen LogP contribution in [0.2, 0.25) is 5.02 Å². The van der Waals surface area contributed by atoms with Crippen molar-refractivity contribution in [2.24, 2.45) is 0 Å². The highest BCUT2D eigenvalue weighted by molar-refractivity contribution is 6.31. The van der Waals surface area contributed by atoms with Crippen molar-refractivity contribution in [2.45, 2.75) is 6.54 Å². The molecule has 1 amide bonds. The van der Waals surface area contributed by atoms with Crippen molar-refractivity contribution >= 4 is 23.5 Å². The van der Waals surface area contributed by atoms with Gasteiger partial charge in [0.05, 0.1) is 19.2 Å². The van der Waals surface area contributed by atoms with E-state index in [2.05, 4.69) is 4.74 Å². The summed E-state index contributed by atoms with van der Waals surface area (Å²) in [5.74, 6) is 0.544. The number of amides is 1. The summed E-state index contributed by atoms with van der Waals surface area (Å²) in [6.07, 6.45) is 0. The average molecular weight is 376 g/mol. The number of carbonyl (C=O) groups excluding carboxylic acids is 2. The number of fused-ring (bicyclic) bond motifs is 1. The molecule has 0 bridgehead atoms. The molecule has 0 fully saturated rings. The summed E-state index contributed by atoms with van der Waals surface area (Å²) in [5.41, 5.74) is 1.40. The molecule has 0 atom stereocenters. The van der Waals surface area contributed by atoms with Crippen molar-refractivity contribution in [1.29, 1.82) is 0 Å². The molecule has 1 aliphatic rings. The van der Waals surface area contributed by atoms with Gasteiger partial charge in [0.2, 0.25) is 0 Å². The van der Waals surface area contributed by atoms with Crippen molar-refractivity contribution in [3.8, 4) is 11.5 Å². The zero-order valence-corrected chi connectivity index (χ0v) is 15.0. The van der Waals surface area contributed by atoms with E-state index in [0.29, 0.717) is 41.8 Å². The van der Waals surface area contributed by atoms with Crippen molar-refractivity contribution < 1.29 is 23.8 Å². The Balaban J connectivity index is 1.68. The lowest BCUT2D eigenvalue weighted by Gasteiger charge is -2.20. The predicted molar refractivity (Wildman–Crippen MR) is 95.6 cm³/mol. The fourth-order valence-corrected chi connectivity index (χ4v) is 2.77. The molecule has 0 spiro atoms. The smallest absolute Gasteiger partial charge is 0.343 e. The van der Waals surface area contributed by atoms with Crippen LogP contribution >= 0.6 is 11.6 Å². The minimum Gasteiger partial charge on any atom is -0.491 e. The largest absolute Gasteiger partial charge is 0.491 e. The number of hydrogen-bond acceptors (Lipinski definition) is 5. The molecule has 0 N–H and O–H groups in total. The standard InChI is InChI=1S/C19H18ClNO5/c1-24-18(22)12-26-15-5-2-13(3-6-15)11-21-8-9-25-17-7-4-14(20)10-16(17)19(21)23/h2-7,10H,8-9,11-12H2,1H3. The maximum Gasteiger partial charge on any atom is 0.343 e. The molecule has 0 saturated heterocycles. The van der Waals surface area contributed by atoms with E-state index in [0.717, 1.165) is 5.56 Å². The van der Waals surface area contributed by atoms with E-state index in [1.165, 1.54) is 7.11 Å². The van der Waals surface area contributed by atoms with Gasteiger partial charge in [0.15, 0.2) is 6.61 Å². The van der Waals surface area contributed by atoms with Gasteiger partial charge in [0.25, 0.3) is 5.91 Å². The molecular formula is C19H18ClNO5. The van der Waals surface area contributed by atoms with E-state index in [-0.39, 0.29) is 12.5 Å². The van der Waals surface area contributed by atoms with E-state index in [1.807, 2.05) is 12.1 Å². The Morgan fingerprint density at radius 3 is 2.73 bits per heavy atom. The summed E-state index contributed by atoms with van der Waals surface area (Å²) in [5, 5.41) is 0.495. The van der Waals surface area contributed by atoms with Crippen LogP contribution in [-0.4, -0.2) is 43.6 Å². The van der Waals surface area contributed by atoms with Crippen LogP contribution in [0, 0.1) is 0 Å². The molecule has 0 unspecified atom stereocenters. The molecule has 6 nitrogen and oxygen atoms in total. The molecule has 3 rings (SSSR count). The molecule has 0 aromatic heterocycles. The Morgan fingerprint density at radius 1 is 1.23 bits per heavy atom. The molecule has 136 valence electrons. The van der Waals surface area contributed by atoms with Gasteiger partial charge in [-0.3, -0.25) is 4.79 Å².